The quantitative estimate of drug-likeness (QED) is 0.777. The van der Waals surface area contributed by atoms with E-state index in [9.17, 15) is 9.90 Å². The molecule has 1 aromatic rings. The van der Waals surface area contributed by atoms with E-state index in [-0.39, 0.29) is 16.4 Å². The van der Waals surface area contributed by atoms with E-state index in [0.717, 1.165) is 11.5 Å². The molecule has 98 valence electrons. The zero-order valence-corrected chi connectivity index (χ0v) is 11.4. The minimum Gasteiger partial charge on any atom is -0.501 e. The van der Waals surface area contributed by atoms with E-state index in [1.165, 1.54) is 3.96 Å². The van der Waals surface area contributed by atoms with Gasteiger partial charge in [-0.05, 0) is 25.4 Å². The molecule has 7 heteroatoms. The molecule has 0 amide bonds. The molecular formula is C10H16ClNO4S. The van der Waals surface area contributed by atoms with Crippen LogP contribution in [0.15, 0.2) is 4.79 Å². The molecule has 0 bridgehead atoms. The van der Waals surface area contributed by atoms with Crippen molar-refractivity contribution in [3.63, 3.8) is 0 Å². The van der Waals surface area contributed by atoms with Gasteiger partial charge < -0.3 is 14.6 Å². The highest BCUT2D eigenvalue weighted by Gasteiger charge is 2.14. The monoisotopic (exact) mass is 281 g/mol. The summed E-state index contributed by atoms with van der Waals surface area (Å²) in [5.41, 5.74) is -0.466. The van der Waals surface area contributed by atoms with Crippen LogP contribution < -0.4 is 5.56 Å². The summed E-state index contributed by atoms with van der Waals surface area (Å²) in [6.07, 6.45) is 0.206. The lowest BCUT2D eigenvalue weighted by atomic mass is 10.4. The highest BCUT2D eigenvalue weighted by molar-refractivity contribution is 7.11. The highest BCUT2D eigenvalue weighted by Crippen LogP contribution is 2.24. The SMILES string of the molecule is CCOC(CCn1sc(Cl)c(O)c1=O)OCC. The van der Waals surface area contributed by atoms with Crippen LogP contribution in [0.5, 0.6) is 5.75 Å². The first-order valence-corrected chi connectivity index (χ1v) is 6.57. The molecule has 0 unspecified atom stereocenters. The van der Waals surface area contributed by atoms with Gasteiger partial charge in [-0.1, -0.05) is 11.6 Å². The summed E-state index contributed by atoms with van der Waals surface area (Å²) in [5, 5.41) is 9.28. The maximum atomic E-state index is 11.5. The summed E-state index contributed by atoms with van der Waals surface area (Å²) in [5.74, 6) is -0.388. The van der Waals surface area contributed by atoms with E-state index in [1.54, 1.807) is 0 Å². The largest absolute Gasteiger partial charge is 0.501 e. The molecule has 0 atom stereocenters. The number of rotatable bonds is 7. The van der Waals surface area contributed by atoms with Gasteiger partial charge >= 0.3 is 5.56 Å². The van der Waals surface area contributed by atoms with Gasteiger partial charge in [-0.25, -0.2) is 0 Å². The van der Waals surface area contributed by atoms with Crippen molar-refractivity contribution in [2.45, 2.75) is 33.1 Å². The van der Waals surface area contributed by atoms with E-state index in [4.69, 9.17) is 21.1 Å². The van der Waals surface area contributed by atoms with Crippen molar-refractivity contribution in [2.24, 2.45) is 0 Å². The smallest absolute Gasteiger partial charge is 0.304 e. The Kier molecular flexibility index (Phi) is 5.97. The fourth-order valence-electron chi connectivity index (χ4n) is 1.34. The first-order valence-electron chi connectivity index (χ1n) is 5.41. The number of hydrogen-bond donors (Lipinski definition) is 1. The Hall–Kier alpha value is -0.560. The number of hydrogen-bond acceptors (Lipinski definition) is 5. The van der Waals surface area contributed by atoms with Crippen molar-refractivity contribution in [1.82, 2.24) is 3.96 Å². The van der Waals surface area contributed by atoms with Crippen LogP contribution in [-0.4, -0.2) is 28.6 Å². The third-order valence-electron chi connectivity index (χ3n) is 2.08. The first-order chi connectivity index (χ1) is 8.10. The number of aryl methyl sites for hydroxylation is 1. The molecule has 0 aromatic carbocycles. The number of ether oxygens (including phenoxy) is 2. The van der Waals surface area contributed by atoms with Crippen molar-refractivity contribution < 1.29 is 14.6 Å². The Bertz CT molecular complexity index is 398. The molecule has 0 saturated carbocycles. The fourth-order valence-corrected chi connectivity index (χ4v) is 2.40. The Morgan fingerprint density at radius 3 is 2.41 bits per heavy atom. The van der Waals surface area contributed by atoms with E-state index >= 15 is 0 Å². The highest BCUT2D eigenvalue weighted by atomic mass is 35.5. The number of halogens is 1. The van der Waals surface area contributed by atoms with Crippen LogP contribution in [-0.2, 0) is 16.0 Å². The first kappa shape index (κ1) is 14.5. The van der Waals surface area contributed by atoms with Gasteiger partial charge in [0.1, 0.15) is 0 Å². The summed E-state index contributed by atoms with van der Waals surface area (Å²) < 4.78 is 12.2. The molecule has 17 heavy (non-hydrogen) atoms. The van der Waals surface area contributed by atoms with Crippen LogP contribution in [0.3, 0.4) is 0 Å². The van der Waals surface area contributed by atoms with Gasteiger partial charge in [0.05, 0.1) is 0 Å². The second-order valence-corrected chi connectivity index (χ2v) is 4.88. The zero-order valence-electron chi connectivity index (χ0n) is 9.81. The molecule has 1 N–H and O–H groups in total. The molecule has 5 nitrogen and oxygen atoms in total. The van der Waals surface area contributed by atoms with Gasteiger partial charge in [-0.2, -0.15) is 0 Å². The van der Waals surface area contributed by atoms with Gasteiger partial charge in [0.15, 0.2) is 10.6 Å². The maximum absolute atomic E-state index is 11.5. The molecule has 0 radical (unpaired) electrons. The molecule has 1 rings (SSSR count). The molecule has 0 aliphatic rings. The maximum Gasteiger partial charge on any atom is 0.304 e. The number of aromatic hydroxyl groups is 1. The summed E-state index contributed by atoms with van der Waals surface area (Å²) in [7, 11) is 0. The number of aromatic nitrogens is 1. The predicted octanol–water partition coefficient (Wildman–Crippen LogP) is 2.06. The van der Waals surface area contributed by atoms with Crippen molar-refractivity contribution in [1.29, 1.82) is 0 Å². The molecule has 0 saturated heterocycles. The average Bonchev–Trinajstić information content (AvgIpc) is 2.54. The van der Waals surface area contributed by atoms with Crippen molar-refractivity contribution in [2.75, 3.05) is 13.2 Å². The molecule has 0 aliphatic heterocycles. The normalized spacial score (nSPS) is 11.3. The predicted molar refractivity (Wildman–Crippen MR) is 66.9 cm³/mol. The number of nitrogens with zero attached hydrogens (tertiary/aromatic N) is 1. The standard InChI is InChI=1S/C10H16ClNO4S/c1-3-15-7(16-4-2)5-6-12-10(14)8(13)9(11)17-12/h7,13H,3-6H2,1-2H3. The minimum absolute atomic E-state index is 0.111. The summed E-state index contributed by atoms with van der Waals surface area (Å²) in [6, 6.07) is 0. The summed E-state index contributed by atoms with van der Waals surface area (Å²) in [4.78, 5) is 11.5. The van der Waals surface area contributed by atoms with Gasteiger partial charge in [0.2, 0.25) is 5.75 Å². The van der Waals surface area contributed by atoms with E-state index in [1.807, 2.05) is 13.8 Å². The fraction of sp³-hybridized carbons (Fsp3) is 0.700. The summed E-state index contributed by atoms with van der Waals surface area (Å²) >= 11 is 6.69. The second kappa shape index (κ2) is 7.00. The molecule has 1 aromatic heterocycles. The second-order valence-electron chi connectivity index (χ2n) is 3.25. The van der Waals surface area contributed by atoms with Gasteiger partial charge in [0.25, 0.3) is 0 Å². The average molecular weight is 282 g/mol. The lowest BCUT2D eigenvalue weighted by Crippen LogP contribution is -2.22. The molecule has 0 fully saturated rings. The zero-order chi connectivity index (χ0) is 12.8. The van der Waals surface area contributed by atoms with E-state index in [0.29, 0.717) is 26.2 Å². The van der Waals surface area contributed by atoms with Crippen molar-refractivity contribution in [3.8, 4) is 5.75 Å². The molecule has 0 aliphatic carbocycles. The summed E-state index contributed by atoms with van der Waals surface area (Å²) in [6.45, 7) is 5.28. The molecule has 0 spiro atoms. The Morgan fingerprint density at radius 1 is 1.41 bits per heavy atom. The molecular weight excluding hydrogens is 266 g/mol. The Labute approximate surface area is 109 Å². The lowest BCUT2D eigenvalue weighted by Gasteiger charge is -2.16. The van der Waals surface area contributed by atoms with Crippen LogP contribution >= 0.6 is 23.1 Å². The van der Waals surface area contributed by atoms with Crippen LogP contribution in [0.2, 0.25) is 4.34 Å². The topological polar surface area (TPSA) is 60.7 Å². The lowest BCUT2D eigenvalue weighted by molar-refractivity contribution is -0.140. The third-order valence-corrected chi connectivity index (χ3v) is 3.39. The van der Waals surface area contributed by atoms with E-state index < -0.39 is 5.56 Å². The minimum atomic E-state index is -0.466. The van der Waals surface area contributed by atoms with Gasteiger partial charge in [0, 0.05) is 26.2 Å². The van der Waals surface area contributed by atoms with Crippen molar-refractivity contribution in [3.05, 3.63) is 14.7 Å². The van der Waals surface area contributed by atoms with Crippen molar-refractivity contribution >= 4 is 23.1 Å². The third kappa shape index (κ3) is 3.99. The van der Waals surface area contributed by atoms with Crippen LogP contribution in [0.1, 0.15) is 20.3 Å². The van der Waals surface area contributed by atoms with Gasteiger partial charge in [-0.3, -0.25) is 8.75 Å². The van der Waals surface area contributed by atoms with Gasteiger partial charge in [-0.15, -0.1) is 0 Å². The van der Waals surface area contributed by atoms with Crippen LogP contribution in [0, 0.1) is 0 Å². The Balaban J connectivity index is 2.58. The van der Waals surface area contributed by atoms with Crippen LogP contribution in [0.4, 0.5) is 0 Å². The van der Waals surface area contributed by atoms with E-state index in [2.05, 4.69) is 0 Å². The van der Waals surface area contributed by atoms with Crippen LogP contribution in [0.25, 0.3) is 0 Å². The Morgan fingerprint density at radius 2 is 2.00 bits per heavy atom. The molecule has 1 heterocycles.